The first-order valence-electron chi connectivity index (χ1n) is 11.6. The third kappa shape index (κ3) is 6.95. The minimum Gasteiger partial charge on any atom is -0.484 e. The number of anilines is 1. The van der Waals surface area contributed by atoms with Crippen molar-refractivity contribution in [1.29, 1.82) is 0 Å². The third-order valence-corrected chi connectivity index (χ3v) is 5.77. The Hall–Kier alpha value is -3.60. The molecule has 0 aromatic heterocycles. The molecule has 5 heteroatoms. The van der Waals surface area contributed by atoms with Crippen LogP contribution in [0.25, 0.3) is 0 Å². The first-order chi connectivity index (χ1) is 16.3. The summed E-state index contributed by atoms with van der Waals surface area (Å²) in [7, 11) is 0. The minimum absolute atomic E-state index is 0.111. The highest BCUT2D eigenvalue weighted by Crippen LogP contribution is 2.32. The highest BCUT2D eigenvalue weighted by Gasteiger charge is 2.22. The van der Waals surface area contributed by atoms with E-state index in [9.17, 15) is 9.59 Å². The highest BCUT2D eigenvalue weighted by molar-refractivity contribution is 5.93. The summed E-state index contributed by atoms with van der Waals surface area (Å²) in [5.41, 5.74) is 3.31. The predicted molar refractivity (Wildman–Crippen MR) is 135 cm³/mol. The molecule has 178 valence electrons. The molecule has 0 aliphatic rings. The van der Waals surface area contributed by atoms with Crippen molar-refractivity contribution in [2.24, 2.45) is 5.92 Å². The molecule has 3 rings (SSSR count). The van der Waals surface area contributed by atoms with Crippen LogP contribution in [0, 0.1) is 5.92 Å². The van der Waals surface area contributed by atoms with E-state index in [1.54, 1.807) is 24.3 Å². The lowest BCUT2D eigenvalue weighted by atomic mass is 9.78. The van der Waals surface area contributed by atoms with Crippen LogP contribution in [0.2, 0.25) is 0 Å². The fourth-order valence-electron chi connectivity index (χ4n) is 3.50. The number of esters is 1. The predicted octanol–water partition coefficient (Wildman–Crippen LogP) is 6.23. The van der Waals surface area contributed by atoms with Crippen LogP contribution in [0.4, 0.5) is 5.69 Å². The van der Waals surface area contributed by atoms with Crippen LogP contribution in [0.5, 0.6) is 5.75 Å². The average molecular weight is 460 g/mol. The summed E-state index contributed by atoms with van der Waals surface area (Å²) in [6, 6.07) is 24.8. The number of carbonyl (C=O) groups excluding carboxylic acids is 2. The third-order valence-electron chi connectivity index (χ3n) is 5.77. The van der Waals surface area contributed by atoms with Crippen molar-refractivity contribution in [2.45, 2.75) is 39.5 Å². The van der Waals surface area contributed by atoms with Gasteiger partial charge in [-0.05, 0) is 59.9 Å². The molecule has 34 heavy (non-hydrogen) atoms. The molecule has 0 bridgehead atoms. The number of hydrogen-bond acceptors (Lipinski definition) is 4. The van der Waals surface area contributed by atoms with Crippen molar-refractivity contribution in [1.82, 2.24) is 0 Å². The first-order valence-corrected chi connectivity index (χ1v) is 11.6. The second-order valence-electron chi connectivity index (χ2n) is 9.25. The van der Waals surface area contributed by atoms with E-state index in [2.05, 4.69) is 45.1 Å². The summed E-state index contributed by atoms with van der Waals surface area (Å²) >= 11 is 0. The van der Waals surface area contributed by atoms with Crippen LogP contribution in [0.15, 0.2) is 78.9 Å². The maximum absolute atomic E-state index is 12.3. The lowest BCUT2D eigenvalue weighted by Crippen LogP contribution is -2.20. The normalized spacial score (nSPS) is 11.2. The Morgan fingerprint density at radius 3 is 2.09 bits per heavy atom. The Balaban J connectivity index is 1.49. The Labute approximate surface area is 202 Å². The first kappa shape index (κ1) is 25.0. The fraction of sp³-hybridized carbons (Fsp3) is 0.310. The Morgan fingerprint density at radius 1 is 0.853 bits per heavy atom. The SMILES string of the molecule is CC(C)CCOC(=O)c1ccc(NC(=O)COc2ccc(C(C)(C)c3ccccc3)cc2)cc1. The number of hydrogen-bond donors (Lipinski definition) is 1. The molecule has 0 aliphatic carbocycles. The topological polar surface area (TPSA) is 64.6 Å². The van der Waals surface area contributed by atoms with Gasteiger partial charge in [-0.1, -0.05) is 70.2 Å². The van der Waals surface area contributed by atoms with Gasteiger partial charge >= 0.3 is 5.97 Å². The summed E-state index contributed by atoms with van der Waals surface area (Å²) in [4.78, 5) is 24.3. The molecule has 0 unspecified atom stereocenters. The van der Waals surface area contributed by atoms with Crippen LogP contribution in [-0.2, 0) is 14.9 Å². The summed E-state index contributed by atoms with van der Waals surface area (Å²) in [6.07, 6.45) is 0.827. The molecular formula is C29H33NO4. The molecule has 0 radical (unpaired) electrons. The van der Waals surface area contributed by atoms with E-state index in [1.165, 1.54) is 11.1 Å². The standard InChI is InChI=1S/C29H33NO4/c1-21(2)18-19-33-28(32)22-10-14-25(15-11-22)30-27(31)20-34-26-16-12-24(13-17-26)29(3,4)23-8-6-5-7-9-23/h5-17,21H,18-20H2,1-4H3,(H,30,31). The van der Waals surface area contributed by atoms with Crippen molar-refractivity contribution in [3.8, 4) is 5.75 Å². The summed E-state index contributed by atoms with van der Waals surface area (Å²) < 4.78 is 10.9. The Kier molecular flexibility index (Phi) is 8.47. The zero-order valence-corrected chi connectivity index (χ0v) is 20.3. The van der Waals surface area contributed by atoms with Gasteiger partial charge in [0, 0.05) is 11.1 Å². The lowest BCUT2D eigenvalue weighted by molar-refractivity contribution is -0.118. The monoisotopic (exact) mass is 459 g/mol. The lowest BCUT2D eigenvalue weighted by Gasteiger charge is -2.26. The number of benzene rings is 3. The molecule has 0 fully saturated rings. The Bertz CT molecular complexity index is 1070. The molecule has 0 atom stereocenters. The molecule has 0 spiro atoms. The van der Waals surface area contributed by atoms with E-state index in [0.29, 0.717) is 29.5 Å². The van der Waals surface area contributed by atoms with Gasteiger partial charge in [0.15, 0.2) is 6.61 Å². The second-order valence-corrected chi connectivity index (χ2v) is 9.25. The molecule has 5 nitrogen and oxygen atoms in total. The van der Waals surface area contributed by atoms with Gasteiger partial charge in [-0.3, -0.25) is 4.79 Å². The number of rotatable bonds is 10. The van der Waals surface area contributed by atoms with E-state index in [4.69, 9.17) is 9.47 Å². The van der Waals surface area contributed by atoms with Crippen LogP contribution in [0.1, 0.15) is 55.6 Å². The smallest absolute Gasteiger partial charge is 0.338 e. The summed E-state index contributed by atoms with van der Waals surface area (Å²) in [6.45, 7) is 8.82. The van der Waals surface area contributed by atoms with Gasteiger partial charge in [0.2, 0.25) is 0 Å². The van der Waals surface area contributed by atoms with Gasteiger partial charge in [0.1, 0.15) is 5.75 Å². The van der Waals surface area contributed by atoms with E-state index in [-0.39, 0.29) is 23.9 Å². The molecule has 1 amide bonds. The number of carbonyl (C=O) groups is 2. The average Bonchev–Trinajstić information content (AvgIpc) is 2.84. The van der Waals surface area contributed by atoms with Gasteiger partial charge < -0.3 is 14.8 Å². The van der Waals surface area contributed by atoms with Crippen molar-refractivity contribution in [3.05, 3.63) is 95.6 Å². The van der Waals surface area contributed by atoms with Gasteiger partial charge in [0.05, 0.1) is 12.2 Å². The fourth-order valence-corrected chi connectivity index (χ4v) is 3.50. The van der Waals surface area contributed by atoms with Crippen LogP contribution >= 0.6 is 0 Å². The maximum Gasteiger partial charge on any atom is 0.338 e. The van der Waals surface area contributed by atoms with Crippen LogP contribution in [0.3, 0.4) is 0 Å². The second kappa shape index (κ2) is 11.5. The van der Waals surface area contributed by atoms with Crippen molar-refractivity contribution in [2.75, 3.05) is 18.5 Å². The highest BCUT2D eigenvalue weighted by atomic mass is 16.5. The van der Waals surface area contributed by atoms with Gasteiger partial charge in [-0.2, -0.15) is 0 Å². The molecule has 0 heterocycles. The van der Waals surface area contributed by atoms with E-state index < -0.39 is 0 Å². The number of nitrogens with one attached hydrogen (secondary N) is 1. The molecule has 1 N–H and O–H groups in total. The molecule has 0 aliphatic heterocycles. The number of amides is 1. The number of ether oxygens (including phenoxy) is 2. The van der Waals surface area contributed by atoms with E-state index >= 15 is 0 Å². The molecule has 3 aromatic carbocycles. The maximum atomic E-state index is 12.3. The Morgan fingerprint density at radius 2 is 1.47 bits per heavy atom. The minimum atomic E-state index is -0.360. The van der Waals surface area contributed by atoms with Gasteiger partial charge in [-0.15, -0.1) is 0 Å². The van der Waals surface area contributed by atoms with Gasteiger partial charge in [-0.25, -0.2) is 4.79 Å². The largest absolute Gasteiger partial charge is 0.484 e. The van der Waals surface area contributed by atoms with Crippen LogP contribution < -0.4 is 10.1 Å². The molecule has 0 saturated carbocycles. The summed E-state index contributed by atoms with van der Waals surface area (Å²) in [5, 5.41) is 2.78. The van der Waals surface area contributed by atoms with Crippen molar-refractivity contribution >= 4 is 17.6 Å². The van der Waals surface area contributed by atoms with Gasteiger partial charge in [0.25, 0.3) is 5.91 Å². The quantitative estimate of drug-likeness (QED) is 0.365. The summed E-state index contributed by atoms with van der Waals surface area (Å²) in [5.74, 6) is 0.468. The van der Waals surface area contributed by atoms with E-state index in [0.717, 1.165) is 6.42 Å². The van der Waals surface area contributed by atoms with Crippen LogP contribution in [-0.4, -0.2) is 25.1 Å². The zero-order chi connectivity index (χ0) is 24.6. The molecule has 3 aromatic rings. The molecule has 0 saturated heterocycles. The zero-order valence-electron chi connectivity index (χ0n) is 20.3. The molecular weight excluding hydrogens is 426 g/mol. The van der Waals surface area contributed by atoms with Crippen molar-refractivity contribution in [3.63, 3.8) is 0 Å². The van der Waals surface area contributed by atoms with E-state index in [1.807, 2.05) is 42.5 Å². The van der Waals surface area contributed by atoms with Crippen molar-refractivity contribution < 1.29 is 19.1 Å².